The molecule has 2 aromatic rings. The maximum atomic E-state index is 13.0. The summed E-state index contributed by atoms with van der Waals surface area (Å²) in [6.07, 6.45) is 0.731. The number of sulfonamides is 1. The van der Waals surface area contributed by atoms with E-state index >= 15 is 0 Å². The highest BCUT2D eigenvalue weighted by atomic mass is 35.5. The van der Waals surface area contributed by atoms with E-state index in [4.69, 9.17) is 17.4 Å². The van der Waals surface area contributed by atoms with Crippen LogP contribution in [0, 0.1) is 13.8 Å². The first-order valence-electron chi connectivity index (χ1n) is 9.36. The number of nitrogens with zero attached hydrogens (tertiary/aromatic N) is 3. The first-order chi connectivity index (χ1) is 14.3. The molecule has 0 amide bonds. The van der Waals surface area contributed by atoms with Gasteiger partial charge in [0.15, 0.2) is 0 Å². The fourth-order valence-corrected chi connectivity index (χ4v) is 3.73. The molecule has 0 radical (unpaired) electrons. The van der Waals surface area contributed by atoms with Gasteiger partial charge in [0, 0.05) is 17.1 Å². The zero-order valence-electron chi connectivity index (χ0n) is 17.5. The number of nitrogens with two attached hydrogens (primary N) is 1. The van der Waals surface area contributed by atoms with Crippen LogP contribution in [0.4, 0.5) is 24.5 Å². The van der Waals surface area contributed by atoms with Crippen molar-refractivity contribution in [2.45, 2.75) is 39.6 Å². The third-order valence-electron chi connectivity index (χ3n) is 4.55. The Morgan fingerprint density at radius 3 is 2.39 bits per heavy atom. The number of benzene rings is 2. The molecular weight excluding hydrogens is 453 g/mol. The van der Waals surface area contributed by atoms with Gasteiger partial charge in [0.1, 0.15) is 0 Å². The van der Waals surface area contributed by atoms with Crippen LogP contribution in [0.3, 0.4) is 0 Å². The first kappa shape index (κ1) is 25.0. The SMILES string of the molecule is CCCN(/N=C(\C)c1cc(C)ccc1N(N)S(=O)(=O)C(F)(F)F)c1cccc(Cl)c1C. The van der Waals surface area contributed by atoms with Gasteiger partial charge in [-0.05, 0) is 57.0 Å². The van der Waals surface area contributed by atoms with E-state index in [1.54, 1.807) is 31.0 Å². The van der Waals surface area contributed by atoms with Crippen LogP contribution in [0.5, 0.6) is 0 Å². The Bertz CT molecular complexity index is 1090. The van der Waals surface area contributed by atoms with Crippen LogP contribution in [0.25, 0.3) is 0 Å². The third kappa shape index (κ3) is 5.31. The minimum Gasteiger partial charge on any atom is -0.265 e. The standard InChI is InChI=1S/C20H24ClF3N4O2S/c1-5-11-27(18-8-6-7-17(21)14(18)3)26-15(4)16-12-13(2)9-10-19(16)28(25)31(29,30)20(22,23)24/h6-10,12H,5,11,25H2,1-4H3/b26-15+. The van der Waals surface area contributed by atoms with E-state index in [1.807, 2.05) is 19.9 Å². The van der Waals surface area contributed by atoms with E-state index in [0.717, 1.165) is 17.7 Å². The lowest BCUT2D eigenvalue weighted by molar-refractivity contribution is -0.0438. The summed E-state index contributed by atoms with van der Waals surface area (Å²) in [6, 6.07) is 9.58. The molecule has 0 saturated carbocycles. The van der Waals surface area contributed by atoms with Crippen LogP contribution in [-0.2, 0) is 10.0 Å². The lowest BCUT2D eigenvalue weighted by Crippen LogP contribution is -2.46. The molecule has 0 spiro atoms. The Kier molecular flexibility index (Phi) is 7.61. The summed E-state index contributed by atoms with van der Waals surface area (Å²) in [6.45, 7) is 7.60. The van der Waals surface area contributed by atoms with Gasteiger partial charge in [0.2, 0.25) is 0 Å². The number of halogens is 4. The van der Waals surface area contributed by atoms with E-state index in [2.05, 4.69) is 5.10 Å². The van der Waals surface area contributed by atoms with Gasteiger partial charge in [-0.15, -0.1) is 0 Å². The van der Waals surface area contributed by atoms with Crippen molar-refractivity contribution in [3.63, 3.8) is 0 Å². The summed E-state index contributed by atoms with van der Waals surface area (Å²) >= 11 is 6.22. The smallest absolute Gasteiger partial charge is 0.265 e. The van der Waals surface area contributed by atoms with Gasteiger partial charge < -0.3 is 0 Å². The molecule has 0 aromatic heterocycles. The van der Waals surface area contributed by atoms with Crippen molar-refractivity contribution in [3.8, 4) is 0 Å². The van der Waals surface area contributed by atoms with Crippen molar-refractivity contribution >= 4 is 38.7 Å². The molecule has 0 aliphatic heterocycles. The Hall–Kier alpha value is -2.30. The van der Waals surface area contributed by atoms with Crippen molar-refractivity contribution < 1.29 is 21.6 Å². The highest BCUT2D eigenvalue weighted by Crippen LogP contribution is 2.32. The first-order valence-corrected chi connectivity index (χ1v) is 11.2. The van der Waals surface area contributed by atoms with Gasteiger partial charge in [-0.2, -0.15) is 31.1 Å². The molecule has 0 heterocycles. The molecule has 170 valence electrons. The highest BCUT2D eigenvalue weighted by molar-refractivity contribution is 7.93. The Morgan fingerprint density at radius 2 is 1.81 bits per heavy atom. The van der Waals surface area contributed by atoms with E-state index in [1.165, 1.54) is 18.2 Å². The molecule has 6 nitrogen and oxygen atoms in total. The second-order valence-electron chi connectivity index (χ2n) is 6.96. The molecule has 0 aliphatic carbocycles. The zero-order valence-corrected chi connectivity index (χ0v) is 19.1. The summed E-state index contributed by atoms with van der Waals surface area (Å²) in [4.78, 5) is 0. The number of hydrogen-bond donors (Lipinski definition) is 1. The topological polar surface area (TPSA) is 79.0 Å². The van der Waals surface area contributed by atoms with Gasteiger partial charge in [0.25, 0.3) is 0 Å². The number of anilines is 2. The van der Waals surface area contributed by atoms with E-state index in [-0.39, 0.29) is 15.7 Å². The predicted molar refractivity (Wildman–Crippen MR) is 119 cm³/mol. The van der Waals surface area contributed by atoms with Crippen molar-refractivity contribution in [2.75, 3.05) is 16.0 Å². The van der Waals surface area contributed by atoms with Gasteiger partial charge in [-0.3, -0.25) is 5.01 Å². The van der Waals surface area contributed by atoms with Gasteiger partial charge in [-0.25, -0.2) is 5.84 Å². The second-order valence-corrected chi connectivity index (χ2v) is 9.17. The molecule has 0 unspecified atom stereocenters. The lowest BCUT2D eigenvalue weighted by atomic mass is 10.1. The lowest BCUT2D eigenvalue weighted by Gasteiger charge is -2.25. The van der Waals surface area contributed by atoms with Crippen LogP contribution in [0.15, 0.2) is 41.5 Å². The molecule has 0 bridgehead atoms. The molecule has 31 heavy (non-hydrogen) atoms. The van der Waals surface area contributed by atoms with Crippen molar-refractivity contribution in [1.29, 1.82) is 0 Å². The van der Waals surface area contributed by atoms with Crippen LogP contribution in [0.1, 0.15) is 37.0 Å². The summed E-state index contributed by atoms with van der Waals surface area (Å²) in [5.74, 6) is 5.43. The zero-order chi connectivity index (χ0) is 23.6. The van der Waals surface area contributed by atoms with Crippen molar-refractivity contribution in [2.24, 2.45) is 10.9 Å². The van der Waals surface area contributed by atoms with Gasteiger partial charge in [0.05, 0.1) is 17.1 Å². The Labute approximate surface area is 185 Å². The van der Waals surface area contributed by atoms with E-state index < -0.39 is 15.5 Å². The van der Waals surface area contributed by atoms with E-state index in [0.29, 0.717) is 22.8 Å². The average Bonchev–Trinajstić information content (AvgIpc) is 2.68. The minimum absolute atomic E-state index is 0.163. The van der Waals surface area contributed by atoms with Crippen molar-refractivity contribution in [3.05, 3.63) is 58.1 Å². The van der Waals surface area contributed by atoms with Crippen LogP contribution in [0.2, 0.25) is 5.02 Å². The monoisotopic (exact) mass is 476 g/mol. The largest absolute Gasteiger partial charge is 0.518 e. The highest BCUT2D eigenvalue weighted by Gasteiger charge is 2.50. The van der Waals surface area contributed by atoms with Gasteiger partial charge in [-0.1, -0.05) is 36.2 Å². The summed E-state index contributed by atoms with van der Waals surface area (Å²) in [5, 5.41) is 6.80. The van der Waals surface area contributed by atoms with Crippen LogP contribution < -0.4 is 15.3 Å². The molecule has 0 aliphatic rings. The molecule has 2 N–H and O–H groups in total. The maximum absolute atomic E-state index is 13.0. The molecule has 2 rings (SSSR count). The van der Waals surface area contributed by atoms with Crippen LogP contribution in [-0.4, -0.2) is 26.2 Å². The molecule has 0 atom stereocenters. The maximum Gasteiger partial charge on any atom is 0.518 e. The number of hydrogen-bond acceptors (Lipinski definition) is 5. The number of rotatable bonds is 7. The number of hydrazone groups is 1. The molecule has 2 aromatic carbocycles. The normalized spacial score (nSPS) is 12.7. The van der Waals surface area contributed by atoms with Crippen molar-refractivity contribution in [1.82, 2.24) is 0 Å². The number of alkyl halides is 3. The summed E-state index contributed by atoms with van der Waals surface area (Å²) < 4.78 is 62.6. The fraction of sp³-hybridized carbons (Fsp3) is 0.350. The quantitative estimate of drug-likeness (QED) is 0.341. The molecular formula is C20H24ClF3N4O2S. The molecule has 0 saturated heterocycles. The summed E-state index contributed by atoms with van der Waals surface area (Å²) in [5.41, 5.74) is -3.19. The van der Waals surface area contributed by atoms with Crippen LogP contribution >= 0.6 is 11.6 Å². The third-order valence-corrected chi connectivity index (χ3v) is 6.26. The Morgan fingerprint density at radius 1 is 1.16 bits per heavy atom. The molecule has 11 heteroatoms. The number of hydrazine groups is 1. The van der Waals surface area contributed by atoms with E-state index in [9.17, 15) is 21.6 Å². The summed E-state index contributed by atoms with van der Waals surface area (Å²) in [7, 11) is -5.78. The minimum atomic E-state index is -5.78. The number of aryl methyl sites for hydroxylation is 1. The Balaban J connectivity index is 2.62. The fourth-order valence-electron chi connectivity index (χ4n) is 2.92. The predicted octanol–water partition coefficient (Wildman–Crippen LogP) is 5.13. The molecule has 0 fully saturated rings. The second kappa shape index (κ2) is 9.46. The average molecular weight is 477 g/mol. The van der Waals surface area contributed by atoms with Gasteiger partial charge >= 0.3 is 15.5 Å².